The van der Waals surface area contributed by atoms with E-state index in [1.165, 1.54) is 32.1 Å². The van der Waals surface area contributed by atoms with Gasteiger partial charge < -0.3 is 4.74 Å². The Hall–Kier alpha value is -0.260. The first-order valence-corrected chi connectivity index (χ1v) is 10.6. The van der Waals surface area contributed by atoms with Crippen molar-refractivity contribution in [3.8, 4) is 0 Å². The molecule has 0 aliphatic carbocycles. The van der Waals surface area contributed by atoms with Gasteiger partial charge in [0.05, 0.1) is 10.6 Å². The van der Waals surface area contributed by atoms with E-state index in [-0.39, 0.29) is 11.9 Å². The van der Waals surface area contributed by atoms with Crippen molar-refractivity contribution in [2.24, 2.45) is 0 Å². The normalized spacial score (nSPS) is 46.9. The van der Waals surface area contributed by atoms with Crippen LogP contribution in [0.5, 0.6) is 0 Å². The Morgan fingerprint density at radius 3 is 1.75 bits per heavy atom. The van der Waals surface area contributed by atoms with Gasteiger partial charge in [-0.05, 0) is 54.7 Å². The van der Waals surface area contributed by atoms with Gasteiger partial charge in [0.1, 0.15) is 0 Å². The van der Waals surface area contributed by atoms with Crippen molar-refractivity contribution in [3.63, 3.8) is 0 Å². The van der Waals surface area contributed by atoms with Gasteiger partial charge in [0, 0.05) is 0 Å². The largest absolute Gasteiger partial charge is 0.386 e. The van der Waals surface area contributed by atoms with Crippen LogP contribution in [0.25, 0.3) is 0 Å². The average molecular weight is 310 g/mol. The van der Waals surface area contributed by atoms with Crippen molar-refractivity contribution < 1.29 is 14.3 Å². The first kappa shape index (κ1) is 13.4. The maximum absolute atomic E-state index is 12.3. The molecule has 0 saturated carbocycles. The topological polar surface area (TPSA) is 43.4 Å². The van der Waals surface area contributed by atoms with Crippen LogP contribution in [0.15, 0.2) is 10.6 Å². The Bertz CT molecular complexity index is 483. The number of hydrogen-bond donors (Lipinski definition) is 0. The monoisotopic (exact) mass is 310 g/mol. The molecule has 20 heavy (non-hydrogen) atoms. The summed E-state index contributed by atoms with van der Waals surface area (Å²) in [5.41, 5.74) is 2.52. The molecule has 3 nitrogen and oxygen atoms in total. The zero-order valence-corrected chi connectivity index (χ0v) is 13.8. The Labute approximate surface area is 122 Å². The molecule has 2 unspecified atom stereocenters. The predicted octanol–water partition coefficient (Wildman–Crippen LogP) is 3.75. The van der Waals surface area contributed by atoms with Crippen molar-refractivity contribution in [1.29, 1.82) is 0 Å². The number of fused-ring (bicyclic) bond motifs is 4. The molecule has 4 aliphatic heterocycles. The molecule has 4 rings (SSSR count). The second-order valence-electron chi connectivity index (χ2n) is 6.58. The molecule has 0 aromatic heterocycles. The summed E-state index contributed by atoms with van der Waals surface area (Å²) < 4.78 is 5.06. The van der Waals surface area contributed by atoms with Crippen molar-refractivity contribution >= 4 is 27.8 Å². The SMILES string of the molecule is C[C@@H]1CC[C@H]2C[C@@H]3CC[C@@H](C)P3C3=C(C(=O)OC3=O)P21. The van der Waals surface area contributed by atoms with Crippen LogP contribution < -0.4 is 0 Å². The predicted molar refractivity (Wildman–Crippen MR) is 81.6 cm³/mol. The zero-order chi connectivity index (χ0) is 14.0. The molecule has 2 saturated heterocycles. The van der Waals surface area contributed by atoms with E-state index in [2.05, 4.69) is 13.8 Å². The average Bonchev–Trinajstić information content (AvgIpc) is 2.97. The highest BCUT2D eigenvalue weighted by Crippen LogP contribution is 2.75. The second kappa shape index (κ2) is 4.62. The first-order chi connectivity index (χ1) is 9.58. The molecule has 4 aliphatic rings. The van der Waals surface area contributed by atoms with Crippen molar-refractivity contribution in [1.82, 2.24) is 0 Å². The van der Waals surface area contributed by atoms with Gasteiger partial charge >= 0.3 is 11.9 Å². The fourth-order valence-electron chi connectivity index (χ4n) is 4.56. The Morgan fingerprint density at radius 1 is 0.850 bits per heavy atom. The van der Waals surface area contributed by atoms with Crippen molar-refractivity contribution in [2.45, 2.75) is 68.6 Å². The zero-order valence-electron chi connectivity index (χ0n) is 12.0. The summed E-state index contributed by atoms with van der Waals surface area (Å²) in [5.74, 6) is -0.561. The second-order valence-corrected chi connectivity index (χ2v) is 12.3. The van der Waals surface area contributed by atoms with Crippen LogP contribution in [0, 0.1) is 0 Å². The summed E-state index contributed by atoms with van der Waals surface area (Å²) in [6.45, 7) is 4.54. The highest BCUT2D eigenvalue weighted by Gasteiger charge is 2.53. The number of hydrogen-bond acceptors (Lipinski definition) is 3. The number of esters is 2. The summed E-state index contributed by atoms with van der Waals surface area (Å²) >= 11 is 0. The lowest BCUT2D eigenvalue weighted by atomic mass is 10.1. The van der Waals surface area contributed by atoms with Gasteiger partial charge in [0.25, 0.3) is 0 Å². The minimum absolute atomic E-state index is 0.280. The third-order valence-corrected chi connectivity index (χ3v) is 12.4. The van der Waals surface area contributed by atoms with Crippen LogP contribution in [0.1, 0.15) is 46.0 Å². The molecule has 5 heteroatoms. The molecule has 0 spiro atoms. The van der Waals surface area contributed by atoms with Crippen LogP contribution in [0.4, 0.5) is 0 Å². The van der Waals surface area contributed by atoms with E-state index < -0.39 is 15.8 Å². The van der Waals surface area contributed by atoms with E-state index in [4.69, 9.17) is 4.74 Å². The van der Waals surface area contributed by atoms with Crippen LogP contribution in [0.3, 0.4) is 0 Å². The van der Waals surface area contributed by atoms with Gasteiger partial charge in [-0.2, -0.15) is 0 Å². The van der Waals surface area contributed by atoms with Gasteiger partial charge in [-0.1, -0.05) is 29.7 Å². The van der Waals surface area contributed by atoms with E-state index in [1.54, 1.807) is 0 Å². The molecular weight excluding hydrogens is 290 g/mol. The van der Waals surface area contributed by atoms with Crippen LogP contribution in [0.2, 0.25) is 0 Å². The minimum atomic E-state index is -0.457. The molecule has 0 radical (unpaired) electrons. The number of ether oxygens (including phenoxy) is 1. The van der Waals surface area contributed by atoms with E-state index in [1.807, 2.05) is 0 Å². The van der Waals surface area contributed by atoms with E-state index in [0.29, 0.717) is 22.6 Å². The van der Waals surface area contributed by atoms with Crippen molar-refractivity contribution in [2.75, 3.05) is 0 Å². The summed E-state index contributed by atoms with van der Waals surface area (Å²) in [6.07, 6.45) is 6.20. The van der Waals surface area contributed by atoms with Crippen LogP contribution >= 0.6 is 15.8 Å². The van der Waals surface area contributed by atoms with E-state index in [0.717, 1.165) is 10.6 Å². The maximum atomic E-state index is 12.3. The molecule has 0 aromatic rings. The van der Waals surface area contributed by atoms with Gasteiger partial charge in [-0.15, -0.1) is 0 Å². The summed E-state index contributed by atoms with van der Waals surface area (Å²) in [4.78, 5) is 24.6. The molecule has 0 amide bonds. The maximum Gasteiger partial charge on any atom is 0.347 e. The van der Waals surface area contributed by atoms with Gasteiger partial charge in [0.15, 0.2) is 0 Å². The molecule has 6 atom stereocenters. The lowest BCUT2D eigenvalue weighted by molar-refractivity contribution is -0.150. The highest BCUT2D eigenvalue weighted by atomic mass is 31.1. The summed E-state index contributed by atoms with van der Waals surface area (Å²) in [6, 6.07) is 0. The van der Waals surface area contributed by atoms with Crippen LogP contribution in [-0.4, -0.2) is 34.6 Å². The number of carbonyl (C=O) groups is 2. The highest BCUT2D eigenvalue weighted by molar-refractivity contribution is 7.70. The third kappa shape index (κ3) is 1.72. The molecule has 2 fully saturated rings. The minimum Gasteiger partial charge on any atom is -0.386 e. The molecule has 0 aromatic carbocycles. The smallest absolute Gasteiger partial charge is 0.347 e. The van der Waals surface area contributed by atoms with Gasteiger partial charge in [0.2, 0.25) is 0 Å². The third-order valence-electron chi connectivity index (χ3n) is 5.43. The number of cyclic esters (lactones) is 2. The number of carbonyl (C=O) groups excluding carboxylic acids is 2. The standard InChI is InChI=1S/C15H20O3P2/c1-8-3-5-10-7-11-6-4-9(2)20(11)13-12(19(8)10)14(16)18-15(13)17/h8-11H,3-7H2,1-2H3/t8-,9-,10+,11+,19?,20?/m1/s1. The molecular formula is C15H20O3P2. The van der Waals surface area contributed by atoms with Crippen molar-refractivity contribution in [3.05, 3.63) is 10.6 Å². The fraction of sp³-hybridized carbons (Fsp3) is 0.733. The molecule has 108 valence electrons. The molecule has 0 N–H and O–H groups in total. The van der Waals surface area contributed by atoms with Gasteiger partial charge in [-0.3, -0.25) is 0 Å². The number of rotatable bonds is 0. The van der Waals surface area contributed by atoms with Gasteiger partial charge in [-0.25, -0.2) is 9.59 Å². The first-order valence-electron chi connectivity index (χ1n) is 7.65. The van der Waals surface area contributed by atoms with E-state index >= 15 is 0 Å². The Morgan fingerprint density at radius 2 is 1.30 bits per heavy atom. The molecule has 0 bridgehead atoms. The summed E-state index contributed by atoms with van der Waals surface area (Å²) in [7, 11) is -0.915. The fourth-order valence-corrected chi connectivity index (χ4v) is 12.3. The summed E-state index contributed by atoms with van der Waals surface area (Å²) in [5, 5.41) is 1.75. The quantitative estimate of drug-likeness (QED) is 0.389. The van der Waals surface area contributed by atoms with Crippen LogP contribution in [-0.2, 0) is 14.3 Å². The van der Waals surface area contributed by atoms with E-state index in [9.17, 15) is 9.59 Å². The Balaban J connectivity index is 1.89. The lowest BCUT2D eigenvalue weighted by Gasteiger charge is -2.24. The molecule has 4 heterocycles. The Kier molecular flexibility index (Phi) is 3.09. The lowest BCUT2D eigenvalue weighted by Crippen LogP contribution is -2.13.